The van der Waals surface area contributed by atoms with Crippen LogP contribution in [0, 0.1) is 6.92 Å². The van der Waals surface area contributed by atoms with Gasteiger partial charge in [-0.1, -0.05) is 29.5 Å². The summed E-state index contributed by atoms with van der Waals surface area (Å²) in [7, 11) is 1.60. The number of rotatable bonds is 5. The Labute approximate surface area is 157 Å². The van der Waals surface area contributed by atoms with E-state index in [0.29, 0.717) is 16.7 Å². The third-order valence-corrected chi connectivity index (χ3v) is 4.55. The lowest BCUT2D eigenvalue weighted by atomic mass is 10.0. The van der Waals surface area contributed by atoms with Crippen LogP contribution in [0.15, 0.2) is 47.3 Å². The number of fused-ring (bicyclic) bond motifs is 1. The second kappa shape index (κ2) is 7.57. The Morgan fingerprint density at radius 1 is 1.19 bits per heavy atom. The molecule has 1 N–H and O–H groups in total. The fraction of sp³-hybridized carbons (Fsp3) is 0.300. The number of hydrogen-bond acceptors (Lipinski definition) is 5. The van der Waals surface area contributed by atoms with Gasteiger partial charge in [0, 0.05) is 5.56 Å². The fourth-order valence-electron chi connectivity index (χ4n) is 2.95. The molecular formula is C20H22N4O3. The van der Waals surface area contributed by atoms with Gasteiger partial charge in [0.25, 0.3) is 5.56 Å². The van der Waals surface area contributed by atoms with Crippen LogP contribution >= 0.6 is 0 Å². The van der Waals surface area contributed by atoms with Crippen molar-refractivity contribution in [3.8, 4) is 5.75 Å². The van der Waals surface area contributed by atoms with Gasteiger partial charge in [0.1, 0.15) is 17.3 Å². The molecule has 0 saturated heterocycles. The molecule has 3 aromatic rings. The molecule has 140 valence electrons. The van der Waals surface area contributed by atoms with Gasteiger partial charge in [-0.2, -0.15) is 4.68 Å². The van der Waals surface area contributed by atoms with Crippen molar-refractivity contribution in [3.05, 3.63) is 63.9 Å². The van der Waals surface area contributed by atoms with Crippen LogP contribution in [0.25, 0.3) is 10.9 Å². The standard InChI is InChI=1S/C20H22N4O3/c1-12-9-10-15(18(11-12)27-4)13(2)21-19(25)14(3)24-20(26)16-7-5-6-8-17(16)22-23-24/h5-11,13-14H,1-4H3,(H,21,25)/t13-,14+/m0/s1. The normalized spacial score (nSPS) is 13.2. The highest BCUT2D eigenvalue weighted by molar-refractivity contribution is 5.81. The average molecular weight is 366 g/mol. The maximum Gasteiger partial charge on any atom is 0.278 e. The second-order valence-electron chi connectivity index (χ2n) is 6.51. The number of benzene rings is 2. The molecular weight excluding hydrogens is 344 g/mol. The highest BCUT2D eigenvalue weighted by Crippen LogP contribution is 2.26. The Hall–Kier alpha value is -3.22. The van der Waals surface area contributed by atoms with Crippen molar-refractivity contribution in [1.29, 1.82) is 0 Å². The van der Waals surface area contributed by atoms with Gasteiger partial charge in [-0.15, -0.1) is 5.10 Å². The van der Waals surface area contributed by atoms with Crippen LogP contribution in [0.2, 0.25) is 0 Å². The summed E-state index contributed by atoms with van der Waals surface area (Å²) < 4.78 is 6.52. The van der Waals surface area contributed by atoms with Crippen molar-refractivity contribution < 1.29 is 9.53 Å². The van der Waals surface area contributed by atoms with Crippen molar-refractivity contribution in [2.24, 2.45) is 0 Å². The zero-order valence-electron chi connectivity index (χ0n) is 15.8. The summed E-state index contributed by atoms with van der Waals surface area (Å²) in [4.78, 5) is 25.3. The van der Waals surface area contributed by atoms with E-state index < -0.39 is 6.04 Å². The first kappa shape index (κ1) is 18.6. The number of aryl methyl sites for hydroxylation is 1. The minimum Gasteiger partial charge on any atom is -0.496 e. The predicted octanol–water partition coefficient (Wildman–Crippen LogP) is 2.55. The zero-order valence-corrected chi connectivity index (χ0v) is 15.8. The number of nitrogens with zero attached hydrogens (tertiary/aromatic N) is 3. The minimum atomic E-state index is -0.798. The van der Waals surface area contributed by atoms with E-state index >= 15 is 0 Å². The molecule has 1 aromatic heterocycles. The van der Waals surface area contributed by atoms with Gasteiger partial charge in [0.15, 0.2) is 0 Å². The number of hydrogen-bond donors (Lipinski definition) is 1. The van der Waals surface area contributed by atoms with E-state index in [2.05, 4.69) is 15.6 Å². The Balaban J connectivity index is 1.84. The van der Waals surface area contributed by atoms with Gasteiger partial charge in [-0.25, -0.2) is 0 Å². The topological polar surface area (TPSA) is 86.1 Å². The number of amides is 1. The molecule has 2 aromatic carbocycles. The monoisotopic (exact) mass is 366 g/mol. The number of nitrogens with one attached hydrogen (secondary N) is 1. The highest BCUT2D eigenvalue weighted by Gasteiger charge is 2.22. The fourth-order valence-corrected chi connectivity index (χ4v) is 2.95. The quantitative estimate of drug-likeness (QED) is 0.750. The van der Waals surface area contributed by atoms with Crippen molar-refractivity contribution in [2.75, 3.05) is 7.11 Å². The summed E-state index contributed by atoms with van der Waals surface area (Å²) in [6.45, 7) is 5.47. The summed E-state index contributed by atoms with van der Waals surface area (Å²) in [5.41, 5.74) is 2.09. The van der Waals surface area contributed by atoms with E-state index in [1.807, 2.05) is 32.0 Å². The first-order valence-electron chi connectivity index (χ1n) is 8.71. The third-order valence-electron chi connectivity index (χ3n) is 4.55. The molecule has 0 spiro atoms. The van der Waals surface area contributed by atoms with E-state index in [-0.39, 0.29) is 17.5 Å². The molecule has 7 heteroatoms. The molecule has 27 heavy (non-hydrogen) atoms. The SMILES string of the molecule is COc1cc(C)ccc1[C@H](C)NC(=O)[C@@H](C)n1nnc2ccccc2c1=O. The van der Waals surface area contributed by atoms with Crippen molar-refractivity contribution in [2.45, 2.75) is 32.9 Å². The maximum atomic E-state index is 12.7. The molecule has 0 aliphatic heterocycles. The molecule has 0 aliphatic carbocycles. The van der Waals surface area contributed by atoms with Crippen molar-refractivity contribution >= 4 is 16.8 Å². The number of aromatic nitrogens is 3. The van der Waals surface area contributed by atoms with Gasteiger partial charge in [0.05, 0.1) is 18.5 Å². The predicted molar refractivity (Wildman–Crippen MR) is 103 cm³/mol. The molecule has 0 saturated carbocycles. The Bertz CT molecular complexity index is 1040. The smallest absolute Gasteiger partial charge is 0.278 e. The largest absolute Gasteiger partial charge is 0.496 e. The Kier molecular flexibility index (Phi) is 5.21. The molecule has 7 nitrogen and oxygen atoms in total. The molecule has 1 heterocycles. The Morgan fingerprint density at radius 2 is 1.93 bits per heavy atom. The molecule has 0 fully saturated rings. The Morgan fingerprint density at radius 3 is 2.67 bits per heavy atom. The van der Waals surface area contributed by atoms with E-state index in [1.54, 1.807) is 38.3 Å². The lowest BCUT2D eigenvalue weighted by Crippen LogP contribution is -2.38. The van der Waals surface area contributed by atoms with Gasteiger partial charge in [-0.3, -0.25) is 9.59 Å². The van der Waals surface area contributed by atoms with Gasteiger partial charge in [0.2, 0.25) is 5.91 Å². The first-order chi connectivity index (χ1) is 12.9. The van der Waals surface area contributed by atoms with Gasteiger partial charge in [-0.05, 0) is 44.5 Å². The number of carbonyl (C=O) groups is 1. The number of ether oxygens (including phenoxy) is 1. The lowest BCUT2D eigenvalue weighted by molar-refractivity contribution is -0.124. The van der Waals surface area contributed by atoms with E-state index in [4.69, 9.17) is 4.74 Å². The minimum absolute atomic E-state index is 0.292. The summed E-state index contributed by atoms with van der Waals surface area (Å²) in [5.74, 6) is 0.384. The second-order valence-corrected chi connectivity index (χ2v) is 6.51. The van der Waals surface area contributed by atoms with E-state index in [9.17, 15) is 9.59 Å². The van der Waals surface area contributed by atoms with E-state index in [1.165, 1.54) is 0 Å². The molecule has 3 rings (SSSR count). The average Bonchev–Trinajstić information content (AvgIpc) is 2.67. The highest BCUT2D eigenvalue weighted by atomic mass is 16.5. The van der Waals surface area contributed by atoms with Crippen LogP contribution < -0.4 is 15.6 Å². The number of methoxy groups -OCH3 is 1. The van der Waals surface area contributed by atoms with Gasteiger partial charge < -0.3 is 10.1 Å². The van der Waals surface area contributed by atoms with Gasteiger partial charge >= 0.3 is 0 Å². The molecule has 1 amide bonds. The number of carbonyl (C=O) groups excluding carboxylic acids is 1. The van der Waals surface area contributed by atoms with Crippen LogP contribution in [-0.4, -0.2) is 28.0 Å². The molecule has 0 unspecified atom stereocenters. The zero-order chi connectivity index (χ0) is 19.6. The summed E-state index contributed by atoms with van der Waals surface area (Å²) in [5, 5.41) is 11.3. The van der Waals surface area contributed by atoms with Crippen LogP contribution in [0.1, 0.15) is 37.1 Å². The van der Waals surface area contributed by atoms with Crippen LogP contribution in [0.4, 0.5) is 0 Å². The third kappa shape index (κ3) is 3.67. The lowest BCUT2D eigenvalue weighted by Gasteiger charge is -2.20. The van der Waals surface area contributed by atoms with Crippen LogP contribution in [0.5, 0.6) is 5.75 Å². The summed E-state index contributed by atoms with van der Waals surface area (Å²) in [6, 6.07) is 11.6. The van der Waals surface area contributed by atoms with Crippen LogP contribution in [0.3, 0.4) is 0 Å². The maximum absolute atomic E-state index is 12.7. The van der Waals surface area contributed by atoms with Crippen molar-refractivity contribution in [3.63, 3.8) is 0 Å². The van der Waals surface area contributed by atoms with E-state index in [0.717, 1.165) is 15.8 Å². The molecule has 0 bridgehead atoms. The first-order valence-corrected chi connectivity index (χ1v) is 8.71. The van der Waals surface area contributed by atoms with Crippen molar-refractivity contribution in [1.82, 2.24) is 20.3 Å². The molecule has 2 atom stereocenters. The summed E-state index contributed by atoms with van der Waals surface area (Å²) in [6.07, 6.45) is 0. The van der Waals surface area contributed by atoms with Crippen LogP contribution in [-0.2, 0) is 4.79 Å². The molecule has 0 aliphatic rings. The summed E-state index contributed by atoms with van der Waals surface area (Å²) >= 11 is 0. The molecule has 0 radical (unpaired) electrons.